The van der Waals surface area contributed by atoms with E-state index in [1.165, 1.54) is 19.3 Å². The number of benzene rings is 1. The van der Waals surface area contributed by atoms with Gasteiger partial charge in [-0.1, -0.05) is 13.3 Å². The van der Waals surface area contributed by atoms with Gasteiger partial charge in [0.1, 0.15) is 6.07 Å². The fourth-order valence-corrected chi connectivity index (χ4v) is 2.54. The van der Waals surface area contributed by atoms with Crippen molar-refractivity contribution in [1.82, 2.24) is 0 Å². The van der Waals surface area contributed by atoms with Crippen molar-refractivity contribution in [3.05, 3.63) is 23.8 Å². The predicted molar refractivity (Wildman–Crippen MR) is 70.6 cm³/mol. The lowest BCUT2D eigenvalue weighted by Crippen LogP contribution is -2.11. The first-order valence-corrected chi connectivity index (χ1v) is 6.22. The number of rotatable bonds is 3. The maximum atomic E-state index is 8.90. The molecule has 1 aromatic carbocycles. The standard InChI is InChI=1S/C14H19N3/c1-10-2-3-11(6-10)9-17-13-4-5-14(16)12(7-13)8-15/h4-5,7,10-11,17H,2-3,6,9,16H2,1H3. The van der Waals surface area contributed by atoms with Gasteiger partial charge in [-0.25, -0.2) is 0 Å². The minimum atomic E-state index is 0.549. The molecular weight excluding hydrogens is 210 g/mol. The largest absolute Gasteiger partial charge is 0.398 e. The molecule has 0 radical (unpaired) electrons. The third-order valence-corrected chi connectivity index (χ3v) is 3.57. The molecular formula is C14H19N3. The van der Waals surface area contributed by atoms with Crippen molar-refractivity contribution in [2.75, 3.05) is 17.6 Å². The second-order valence-electron chi connectivity index (χ2n) is 5.08. The Labute approximate surface area is 103 Å². The van der Waals surface area contributed by atoms with Gasteiger partial charge in [-0.15, -0.1) is 0 Å². The van der Waals surface area contributed by atoms with Gasteiger partial charge in [0.25, 0.3) is 0 Å². The second-order valence-corrected chi connectivity index (χ2v) is 5.08. The molecule has 2 unspecified atom stereocenters. The van der Waals surface area contributed by atoms with E-state index in [-0.39, 0.29) is 0 Å². The van der Waals surface area contributed by atoms with Crippen molar-refractivity contribution in [1.29, 1.82) is 5.26 Å². The molecule has 2 rings (SSSR count). The van der Waals surface area contributed by atoms with E-state index in [1.807, 2.05) is 12.1 Å². The summed E-state index contributed by atoms with van der Waals surface area (Å²) in [6, 6.07) is 7.66. The van der Waals surface area contributed by atoms with E-state index in [0.717, 1.165) is 24.1 Å². The Balaban J connectivity index is 1.93. The number of anilines is 2. The first-order chi connectivity index (χ1) is 8.19. The molecule has 0 aliphatic heterocycles. The highest BCUT2D eigenvalue weighted by molar-refractivity contribution is 5.61. The maximum Gasteiger partial charge on any atom is 0.101 e. The van der Waals surface area contributed by atoms with Gasteiger partial charge in [-0.05, 0) is 42.9 Å². The van der Waals surface area contributed by atoms with Crippen molar-refractivity contribution in [2.24, 2.45) is 11.8 Å². The zero-order valence-electron chi connectivity index (χ0n) is 10.2. The number of nitrogens with one attached hydrogen (secondary N) is 1. The lowest BCUT2D eigenvalue weighted by Gasteiger charge is -2.12. The highest BCUT2D eigenvalue weighted by Crippen LogP contribution is 2.30. The summed E-state index contributed by atoms with van der Waals surface area (Å²) in [4.78, 5) is 0. The average molecular weight is 229 g/mol. The highest BCUT2D eigenvalue weighted by Gasteiger charge is 2.20. The lowest BCUT2D eigenvalue weighted by atomic mass is 10.1. The summed E-state index contributed by atoms with van der Waals surface area (Å²) in [6.45, 7) is 3.32. The number of nitrogens with two attached hydrogens (primary N) is 1. The van der Waals surface area contributed by atoms with Gasteiger partial charge in [-0.2, -0.15) is 5.26 Å². The molecule has 1 saturated carbocycles. The number of hydrogen-bond donors (Lipinski definition) is 2. The number of hydrogen-bond acceptors (Lipinski definition) is 3. The number of nitrogen functional groups attached to an aromatic ring is 1. The van der Waals surface area contributed by atoms with Gasteiger partial charge in [0.05, 0.1) is 5.56 Å². The zero-order chi connectivity index (χ0) is 12.3. The third kappa shape index (κ3) is 2.91. The van der Waals surface area contributed by atoms with Crippen LogP contribution in [0.3, 0.4) is 0 Å². The molecule has 0 amide bonds. The van der Waals surface area contributed by atoms with Crippen LogP contribution >= 0.6 is 0 Å². The van der Waals surface area contributed by atoms with Crippen molar-refractivity contribution < 1.29 is 0 Å². The Bertz CT molecular complexity index is 434. The predicted octanol–water partition coefficient (Wildman–Crippen LogP) is 2.99. The van der Waals surface area contributed by atoms with Crippen LogP contribution in [0.15, 0.2) is 18.2 Å². The van der Waals surface area contributed by atoms with Gasteiger partial charge >= 0.3 is 0 Å². The molecule has 1 fully saturated rings. The van der Waals surface area contributed by atoms with Crippen molar-refractivity contribution in [2.45, 2.75) is 26.2 Å². The molecule has 0 bridgehead atoms. The zero-order valence-corrected chi connectivity index (χ0v) is 10.2. The summed E-state index contributed by atoms with van der Waals surface area (Å²) in [5, 5.41) is 12.3. The molecule has 3 heteroatoms. The quantitative estimate of drug-likeness (QED) is 0.783. The van der Waals surface area contributed by atoms with Crippen LogP contribution in [0.2, 0.25) is 0 Å². The molecule has 0 aromatic heterocycles. The van der Waals surface area contributed by atoms with Crippen LogP contribution in [0.1, 0.15) is 31.7 Å². The van der Waals surface area contributed by atoms with E-state index in [2.05, 4.69) is 18.3 Å². The Morgan fingerprint density at radius 1 is 1.47 bits per heavy atom. The molecule has 90 valence electrons. The van der Waals surface area contributed by atoms with Gasteiger partial charge in [-0.3, -0.25) is 0 Å². The average Bonchev–Trinajstić information content (AvgIpc) is 2.74. The fourth-order valence-electron chi connectivity index (χ4n) is 2.54. The summed E-state index contributed by atoms with van der Waals surface area (Å²) in [5.41, 5.74) is 7.78. The monoisotopic (exact) mass is 229 g/mol. The molecule has 0 heterocycles. The molecule has 1 aliphatic carbocycles. The van der Waals surface area contributed by atoms with Crippen LogP contribution in [0.5, 0.6) is 0 Å². The van der Waals surface area contributed by atoms with Crippen molar-refractivity contribution in [3.63, 3.8) is 0 Å². The minimum absolute atomic E-state index is 0.549. The molecule has 0 saturated heterocycles. The summed E-state index contributed by atoms with van der Waals surface area (Å²) in [7, 11) is 0. The minimum Gasteiger partial charge on any atom is -0.398 e. The first-order valence-electron chi connectivity index (χ1n) is 6.22. The van der Waals surface area contributed by atoms with Crippen LogP contribution < -0.4 is 11.1 Å². The van der Waals surface area contributed by atoms with E-state index < -0.39 is 0 Å². The topological polar surface area (TPSA) is 61.8 Å². The normalized spacial score (nSPS) is 23.3. The van der Waals surface area contributed by atoms with Gasteiger partial charge in [0.2, 0.25) is 0 Å². The Morgan fingerprint density at radius 2 is 2.29 bits per heavy atom. The molecule has 3 nitrogen and oxygen atoms in total. The second kappa shape index (κ2) is 5.09. The SMILES string of the molecule is CC1CCC(CNc2ccc(N)c(C#N)c2)C1. The van der Waals surface area contributed by atoms with E-state index in [0.29, 0.717) is 11.3 Å². The molecule has 1 aromatic rings. The van der Waals surface area contributed by atoms with Crippen LogP contribution in [-0.2, 0) is 0 Å². The first kappa shape index (κ1) is 11.8. The van der Waals surface area contributed by atoms with Crippen LogP contribution in [-0.4, -0.2) is 6.54 Å². The maximum absolute atomic E-state index is 8.90. The number of nitrogens with zero attached hydrogens (tertiary/aromatic N) is 1. The molecule has 2 atom stereocenters. The van der Waals surface area contributed by atoms with Crippen molar-refractivity contribution >= 4 is 11.4 Å². The van der Waals surface area contributed by atoms with Gasteiger partial charge in [0.15, 0.2) is 0 Å². The van der Waals surface area contributed by atoms with Crippen molar-refractivity contribution in [3.8, 4) is 6.07 Å². The Hall–Kier alpha value is -1.69. The van der Waals surface area contributed by atoms with Crippen LogP contribution in [0, 0.1) is 23.2 Å². The van der Waals surface area contributed by atoms with E-state index >= 15 is 0 Å². The van der Waals surface area contributed by atoms with Gasteiger partial charge < -0.3 is 11.1 Å². The van der Waals surface area contributed by atoms with E-state index in [4.69, 9.17) is 11.0 Å². The van der Waals surface area contributed by atoms with Crippen LogP contribution in [0.25, 0.3) is 0 Å². The summed E-state index contributed by atoms with van der Waals surface area (Å²) < 4.78 is 0. The summed E-state index contributed by atoms with van der Waals surface area (Å²) in [6.07, 6.45) is 3.97. The molecule has 0 spiro atoms. The highest BCUT2D eigenvalue weighted by atomic mass is 14.9. The van der Waals surface area contributed by atoms with E-state index in [9.17, 15) is 0 Å². The van der Waals surface area contributed by atoms with Crippen LogP contribution in [0.4, 0.5) is 11.4 Å². The Kier molecular flexibility index (Phi) is 3.53. The molecule has 3 N–H and O–H groups in total. The summed E-state index contributed by atoms with van der Waals surface area (Å²) >= 11 is 0. The third-order valence-electron chi connectivity index (χ3n) is 3.57. The Morgan fingerprint density at radius 3 is 2.94 bits per heavy atom. The molecule has 17 heavy (non-hydrogen) atoms. The number of nitriles is 1. The molecule has 1 aliphatic rings. The lowest BCUT2D eigenvalue weighted by molar-refractivity contribution is 0.537. The van der Waals surface area contributed by atoms with E-state index in [1.54, 1.807) is 6.07 Å². The van der Waals surface area contributed by atoms with Gasteiger partial charge in [0, 0.05) is 17.9 Å². The fraction of sp³-hybridized carbons (Fsp3) is 0.500. The summed E-state index contributed by atoms with van der Waals surface area (Å²) in [5.74, 6) is 1.64. The smallest absolute Gasteiger partial charge is 0.101 e.